The summed E-state index contributed by atoms with van der Waals surface area (Å²) < 4.78 is 6.79. The van der Waals surface area contributed by atoms with E-state index in [0.717, 1.165) is 28.3 Å². The molecule has 0 heterocycles. The molecule has 0 aromatic heterocycles. The van der Waals surface area contributed by atoms with Gasteiger partial charge in [0.1, 0.15) is 5.75 Å². The Labute approximate surface area is 112 Å². The molecule has 2 rings (SSSR count). The molecular weight excluding hydrogens is 278 g/mol. The molecule has 1 saturated carbocycles. The summed E-state index contributed by atoms with van der Waals surface area (Å²) in [5.74, 6) is 1.84. The van der Waals surface area contributed by atoms with Gasteiger partial charge in [0.05, 0.1) is 6.61 Å². The normalized spacial score (nSPS) is 17.6. The summed E-state index contributed by atoms with van der Waals surface area (Å²) in [6, 6.07) is 6.10. The first-order valence-corrected chi connectivity index (χ1v) is 7.14. The smallest absolute Gasteiger partial charge is 0.120 e. The van der Waals surface area contributed by atoms with Crippen molar-refractivity contribution < 1.29 is 4.74 Å². The third kappa shape index (κ3) is 3.46. The van der Waals surface area contributed by atoms with Crippen LogP contribution in [0.25, 0.3) is 0 Å². The Morgan fingerprint density at radius 3 is 2.76 bits per heavy atom. The Hall–Kier alpha value is -0.540. The molecule has 0 saturated heterocycles. The lowest BCUT2D eigenvalue weighted by Crippen LogP contribution is -2.14. The van der Waals surface area contributed by atoms with Gasteiger partial charge >= 0.3 is 0 Å². The van der Waals surface area contributed by atoms with Crippen molar-refractivity contribution in [1.29, 1.82) is 0 Å². The molecule has 0 radical (unpaired) electrons. The number of hydrogen-bond acceptors (Lipinski definition) is 2. The Kier molecular flexibility index (Phi) is 4.46. The van der Waals surface area contributed by atoms with Gasteiger partial charge in [-0.25, -0.2) is 0 Å². The molecule has 1 aromatic carbocycles. The van der Waals surface area contributed by atoms with Crippen molar-refractivity contribution in [2.24, 2.45) is 11.7 Å². The second-order valence-corrected chi connectivity index (χ2v) is 5.76. The lowest BCUT2D eigenvalue weighted by molar-refractivity contribution is 0.222. The van der Waals surface area contributed by atoms with E-state index in [4.69, 9.17) is 10.5 Å². The van der Waals surface area contributed by atoms with Crippen molar-refractivity contribution in [2.45, 2.75) is 38.6 Å². The number of ether oxygens (including phenoxy) is 1. The van der Waals surface area contributed by atoms with Gasteiger partial charge in [0.15, 0.2) is 0 Å². The van der Waals surface area contributed by atoms with E-state index in [2.05, 4.69) is 15.9 Å². The van der Waals surface area contributed by atoms with Gasteiger partial charge in [0.25, 0.3) is 0 Å². The van der Waals surface area contributed by atoms with Crippen LogP contribution in [0.5, 0.6) is 5.75 Å². The maximum atomic E-state index is 5.86. The molecule has 0 amide bonds. The first-order chi connectivity index (χ1) is 8.16. The predicted molar refractivity (Wildman–Crippen MR) is 74.2 cm³/mol. The topological polar surface area (TPSA) is 35.2 Å². The fourth-order valence-electron chi connectivity index (χ4n) is 2.09. The first-order valence-electron chi connectivity index (χ1n) is 6.34. The van der Waals surface area contributed by atoms with Crippen LogP contribution in [-0.4, -0.2) is 6.61 Å². The van der Waals surface area contributed by atoms with Crippen molar-refractivity contribution in [3.8, 4) is 5.75 Å². The second-order valence-electron chi connectivity index (χ2n) is 4.91. The van der Waals surface area contributed by atoms with E-state index >= 15 is 0 Å². The highest BCUT2D eigenvalue weighted by atomic mass is 79.9. The minimum absolute atomic E-state index is 0.0494. The minimum atomic E-state index is 0.0494. The van der Waals surface area contributed by atoms with Gasteiger partial charge in [-0.3, -0.25) is 0 Å². The Bertz CT molecular complexity index is 374. The zero-order valence-corrected chi connectivity index (χ0v) is 11.9. The van der Waals surface area contributed by atoms with Crippen molar-refractivity contribution in [3.05, 3.63) is 28.2 Å². The SMILES string of the molecule is C[C@H](N)c1ccc(OCCC2CCC2)cc1Br. The number of benzene rings is 1. The molecule has 2 nitrogen and oxygen atoms in total. The van der Waals surface area contributed by atoms with Gasteiger partial charge < -0.3 is 10.5 Å². The van der Waals surface area contributed by atoms with Crippen LogP contribution in [0.2, 0.25) is 0 Å². The van der Waals surface area contributed by atoms with Crippen molar-refractivity contribution in [3.63, 3.8) is 0 Å². The molecule has 0 aliphatic heterocycles. The highest BCUT2D eigenvalue weighted by Gasteiger charge is 2.16. The average molecular weight is 298 g/mol. The number of nitrogens with two attached hydrogens (primary N) is 1. The molecule has 0 bridgehead atoms. The quantitative estimate of drug-likeness (QED) is 0.890. The molecular formula is C14H20BrNO. The van der Waals surface area contributed by atoms with Crippen LogP contribution >= 0.6 is 15.9 Å². The van der Waals surface area contributed by atoms with Crippen LogP contribution in [0.4, 0.5) is 0 Å². The average Bonchev–Trinajstić information content (AvgIpc) is 2.21. The van der Waals surface area contributed by atoms with E-state index in [1.54, 1.807) is 0 Å². The molecule has 0 spiro atoms. The summed E-state index contributed by atoms with van der Waals surface area (Å²) in [6.45, 7) is 2.81. The van der Waals surface area contributed by atoms with Gasteiger partial charge in [-0.05, 0) is 37.0 Å². The predicted octanol–water partition coefficient (Wildman–Crippen LogP) is 4.04. The zero-order valence-electron chi connectivity index (χ0n) is 10.3. The standard InChI is InChI=1S/C14H20BrNO/c1-10(16)13-6-5-12(9-14(13)15)17-8-7-11-3-2-4-11/h5-6,9-11H,2-4,7-8,16H2,1H3/t10-/m0/s1. The van der Waals surface area contributed by atoms with E-state index in [-0.39, 0.29) is 6.04 Å². The number of hydrogen-bond donors (Lipinski definition) is 1. The Balaban J connectivity index is 1.85. The van der Waals surface area contributed by atoms with Gasteiger partial charge in [0.2, 0.25) is 0 Å². The van der Waals surface area contributed by atoms with E-state index < -0.39 is 0 Å². The molecule has 1 atom stereocenters. The molecule has 0 unspecified atom stereocenters. The summed E-state index contributed by atoms with van der Waals surface area (Å²) in [5, 5.41) is 0. The molecule has 17 heavy (non-hydrogen) atoms. The van der Waals surface area contributed by atoms with Gasteiger partial charge in [0, 0.05) is 10.5 Å². The van der Waals surface area contributed by atoms with Crippen LogP contribution in [0, 0.1) is 5.92 Å². The molecule has 2 N–H and O–H groups in total. The highest BCUT2D eigenvalue weighted by Crippen LogP contribution is 2.30. The van der Waals surface area contributed by atoms with Crippen molar-refractivity contribution >= 4 is 15.9 Å². The fraction of sp³-hybridized carbons (Fsp3) is 0.571. The van der Waals surface area contributed by atoms with Crippen molar-refractivity contribution in [1.82, 2.24) is 0 Å². The maximum Gasteiger partial charge on any atom is 0.120 e. The zero-order chi connectivity index (χ0) is 12.3. The Morgan fingerprint density at radius 2 is 2.24 bits per heavy atom. The third-order valence-corrected chi connectivity index (χ3v) is 4.17. The molecule has 1 aromatic rings. The van der Waals surface area contributed by atoms with Crippen LogP contribution < -0.4 is 10.5 Å². The molecule has 1 fully saturated rings. The number of rotatable bonds is 5. The number of halogens is 1. The fourth-order valence-corrected chi connectivity index (χ4v) is 2.81. The monoisotopic (exact) mass is 297 g/mol. The molecule has 1 aliphatic carbocycles. The van der Waals surface area contributed by atoms with E-state index in [1.165, 1.54) is 25.7 Å². The summed E-state index contributed by atoms with van der Waals surface area (Å²) in [4.78, 5) is 0. The third-order valence-electron chi connectivity index (χ3n) is 3.48. The van der Waals surface area contributed by atoms with Gasteiger partial charge in [-0.1, -0.05) is 41.3 Å². The summed E-state index contributed by atoms with van der Waals surface area (Å²) in [6.07, 6.45) is 5.36. The molecule has 3 heteroatoms. The van der Waals surface area contributed by atoms with Crippen molar-refractivity contribution in [2.75, 3.05) is 6.61 Å². The first kappa shape index (κ1) is 12.9. The highest BCUT2D eigenvalue weighted by molar-refractivity contribution is 9.10. The van der Waals surface area contributed by atoms with E-state index in [0.29, 0.717) is 0 Å². The largest absolute Gasteiger partial charge is 0.494 e. The van der Waals surface area contributed by atoms with Crippen LogP contribution in [0.1, 0.15) is 44.2 Å². The van der Waals surface area contributed by atoms with E-state index in [9.17, 15) is 0 Å². The molecule has 94 valence electrons. The Morgan fingerprint density at radius 1 is 1.47 bits per heavy atom. The van der Waals surface area contributed by atoms with Gasteiger partial charge in [-0.15, -0.1) is 0 Å². The summed E-state index contributed by atoms with van der Waals surface area (Å²) in [7, 11) is 0. The maximum absolute atomic E-state index is 5.86. The second kappa shape index (κ2) is 5.87. The van der Waals surface area contributed by atoms with Crippen LogP contribution in [0.3, 0.4) is 0 Å². The summed E-state index contributed by atoms with van der Waals surface area (Å²) >= 11 is 3.53. The summed E-state index contributed by atoms with van der Waals surface area (Å²) in [5.41, 5.74) is 6.98. The van der Waals surface area contributed by atoms with Crippen LogP contribution in [-0.2, 0) is 0 Å². The van der Waals surface area contributed by atoms with E-state index in [1.807, 2.05) is 25.1 Å². The van der Waals surface area contributed by atoms with Crippen LogP contribution in [0.15, 0.2) is 22.7 Å². The lowest BCUT2D eigenvalue weighted by Gasteiger charge is -2.25. The molecule has 1 aliphatic rings. The lowest BCUT2D eigenvalue weighted by atomic mass is 9.83. The minimum Gasteiger partial charge on any atom is -0.494 e. The van der Waals surface area contributed by atoms with Gasteiger partial charge in [-0.2, -0.15) is 0 Å².